The molecule has 0 amide bonds. The summed E-state index contributed by atoms with van der Waals surface area (Å²) in [5.41, 5.74) is 0. The van der Waals surface area contributed by atoms with E-state index in [4.69, 9.17) is 11.6 Å². The molecule has 0 fully saturated rings. The molecule has 0 saturated carbocycles. The topological polar surface area (TPSA) is 37.8 Å². The summed E-state index contributed by atoms with van der Waals surface area (Å²) in [7, 11) is 0. The highest BCUT2D eigenvalue weighted by Gasteiger charge is 2.06. The molecule has 0 unspecified atom stereocenters. The van der Waals surface area contributed by atoms with Crippen LogP contribution in [0.3, 0.4) is 0 Å². The number of halogens is 1. The zero-order valence-corrected chi connectivity index (χ0v) is 13.3. The predicted molar refractivity (Wildman–Crippen MR) is 84.2 cm³/mol. The summed E-state index contributed by atoms with van der Waals surface area (Å²) in [6.07, 6.45) is 0. The van der Waals surface area contributed by atoms with Crippen molar-refractivity contribution in [3.05, 3.63) is 35.1 Å². The van der Waals surface area contributed by atoms with Crippen molar-refractivity contribution in [2.45, 2.75) is 24.5 Å². The van der Waals surface area contributed by atoms with Gasteiger partial charge >= 0.3 is 0 Å². The maximum absolute atomic E-state index is 6.11. The van der Waals surface area contributed by atoms with Crippen molar-refractivity contribution in [1.82, 2.24) is 9.36 Å². The minimum absolute atomic E-state index is 0.602. The normalized spacial score (nSPS) is 10.9. The fraction of sp³-hybridized carbons (Fsp3) is 0.385. The molecule has 2 rings (SSSR count). The van der Waals surface area contributed by atoms with E-state index in [2.05, 4.69) is 28.5 Å². The van der Waals surface area contributed by atoms with Crippen LogP contribution in [0.25, 0.3) is 0 Å². The summed E-state index contributed by atoms with van der Waals surface area (Å²) in [4.78, 5) is 5.52. The first-order valence-electron chi connectivity index (χ1n) is 6.09. The zero-order valence-electron chi connectivity index (χ0n) is 10.9. The number of aromatic nitrogens is 2. The molecule has 6 heteroatoms. The molecule has 1 aromatic heterocycles. The van der Waals surface area contributed by atoms with Gasteiger partial charge in [0, 0.05) is 23.0 Å². The maximum atomic E-state index is 6.11. The van der Waals surface area contributed by atoms with Crippen LogP contribution in [0, 0.1) is 5.92 Å². The highest BCUT2D eigenvalue weighted by atomic mass is 35.5. The van der Waals surface area contributed by atoms with Gasteiger partial charge in [0.25, 0.3) is 0 Å². The first kappa shape index (κ1) is 14.6. The summed E-state index contributed by atoms with van der Waals surface area (Å²) in [5, 5.41) is 4.95. The quantitative estimate of drug-likeness (QED) is 0.794. The molecule has 0 bridgehead atoms. The lowest BCUT2D eigenvalue weighted by Crippen LogP contribution is -2.07. The van der Waals surface area contributed by atoms with Crippen LogP contribution < -0.4 is 5.32 Å². The second-order valence-electron chi connectivity index (χ2n) is 4.51. The molecule has 1 aromatic carbocycles. The van der Waals surface area contributed by atoms with Crippen molar-refractivity contribution in [2.75, 3.05) is 11.9 Å². The molecule has 0 radical (unpaired) electrons. The van der Waals surface area contributed by atoms with Crippen molar-refractivity contribution in [1.29, 1.82) is 0 Å². The molecule has 19 heavy (non-hydrogen) atoms. The number of thioether (sulfide) groups is 1. The van der Waals surface area contributed by atoms with E-state index in [0.717, 1.165) is 33.2 Å². The van der Waals surface area contributed by atoms with E-state index < -0.39 is 0 Å². The summed E-state index contributed by atoms with van der Waals surface area (Å²) < 4.78 is 4.34. The SMILES string of the molecule is CC(C)CNc1nc(CSc2ccccc2Cl)ns1. The van der Waals surface area contributed by atoms with E-state index >= 15 is 0 Å². The molecule has 0 spiro atoms. The number of hydrogen-bond donors (Lipinski definition) is 1. The summed E-state index contributed by atoms with van der Waals surface area (Å²) in [6.45, 7) is 5.26. The first-order chi connectivity index (χ1) is 9.15. The number of nitrogens with zero attached hydrogens (tertiary/aromatic N) is 2. The average molecular weight is 314 g/mol. The molecule has 0 aliphatic carbocycles. The third kappa shape index (κ3) is 4.67. The molecule has 102 valence electrons. The van der Waals surface area contributed by atoms with Crippen LogP contribution in [0.1, 0.15) is 19.7 Å². The molecular weight excluding hydrogens is 298 g/mol. The Balaban J connectivity index is 1.88. The largest absolute Gasteiger partial charge is 0.360 e. The number of benzene rings is 1. The fourth-order valence-corrected chi connectivity index (χ4v) is 3.15. The van der Waals surface area contributed by atoms with E-state index in [0.29, 0.717) is 5.92 Å². The minimum atomic E-state index is 0.602. The number of rotatable bonds is 6. The lowest BCUT2D eigenvalue weighted by molar-refractivity contribution is 0.688. The first-order valence-corrected chi connectivity index (χ1v) is 8.22. The highest BCUT2D eigenvalue weighted by molar-refractivity contribution is 7.98. The van der Waals surface area contributed by atoms with Crippen LogP contribution in [0.4, 0.5) is 5.13 Å². The van der Waals surface area contributed by atoms with Gasteiger partial charge in [-0.1, -0.05) is 37.6 Å². The minimum Gasteiger partial charge on any atom is -0.360 e. The Hall–Kier alpha value is -0.780. The Morgan fingerprint density at radius 3 is 2.89 bits per heavy atom. The fourth-order valence-electron chi connectivity index (χ4n) is 1.38. The van der Waals surface area contributed by atoms with Gasteiger partial charge in [-0.3, -0.25) is 0 Å². The maximum Gasteiger partial charge on any atom is 0.202 e. The van der Waals surface area contributed by atoms with Gasteiger partial charge in [-0.2, -0.15) is 4.37 Å². The van der Waals surface area contributed by atoms with Gasteiger partial charge in [-0.15, -0.1) is 11.8 Å². The van der Waals surface area contributed by atoms with E-state index in [9.17, 15) is 0 Å². The second-order valence-corrected chi connectivity index (χ2v) is 6.69. The van der Waals surface area contributed by atoms with Gasteiger partial charge in [0.2, 0.25) is 5.13 Å². The van der Waals surface area contributed by atoms with Crippen molar-refractivity contribution >= 4 is 40.0 Å². The Morgan fingerprint density at radius 1 is 1.37 bits per heavy atom. The lowest BCUT2D eigenvalue weighted by atomic mass is 10.2. The molecular formula is C13H16ClN3S2. The molecule has 0 aliphatic heterocycles. The number of hydrogen-bond acceptors (Lipinski definition) is 5. The van der Waals surface area contributed by atoms with Crippen LogP contribution >= 0.6 is 34.9 Å². The van der Waals surface area contributed by atoms with Gasteiger partial charge in [0.1, 0.15) is 0 Å². The summed E-state index contributed by atoms with van der Waals surface area (Å²) in [5.74, 6) is 2.19. The molecule has 0 saturated heterocycles. The van der Waals surface area contributed by atoms with E-state index in [1.165, 1.54) is 11.5 Å². The molecule has 1 heterocycles. The van der Waals surface area contributed by atoms with Crippen molar-refractivity contribution in [2.24, 2.45) is 5.92 Å². The Bertz CT molecular complexity index is 528. The van der Waals surface area contributed by atoms with E-state index in [1.54, 1.807) is 11.8 Å². The van der Waals surface area contributed by atoms with Gasteiger partial charge in [0.05, 0.1) is 10.8 Å². The van der Waals surface area contributed by atoms with Crippen molar-refractivity contribution < 1.29 is 0 Å². The monoisotopic (exact) mass is 313 g/mol. The van der Waals surface area contributed by atoms with Crippen LogP contribution in [0.15, 0.2) is 29.2 Å². The molecule has 0 atom stereocenters. The van der Waals surface area contributed by atoms with Gasteiger partial charge < -0.3 is 5.32 Å². The van der Waals surface area contributed by atoms with Crippen molar-refractivity contribution in [3.63, 3.8) is 0 Å². The lowest BCUT2D eigenvalue weighted by Gasteiger charge is -2.03. The van der Waals surface area contributed by atoms with Gasteiger partial charge in [-0.25, -0.2) is 4.98 Å². The zero-order chi connectivity index (χ0) is 13.7. The van der Waals surface area contributed by atoms with Crippen LogP contribution in [-0.2, 0) is 5.75 Å². The Labute approximate surface area is 127 Å². The second kappa shape index (κ2) is 7.12. The van der Waals surface area contributed by atoms with E-state index in [-0.39, 0.29) is 0 Å². The highest BCUT2D eigenvalue weighted by Crippen LogP contribution is 2.29. The smallest absolute Gasteiger partial charge is 0.202 e. The molecule has 2 aromatic rings. The number of anilines is 1. The van der Waals surface area contributed by atoms with Crippen LogP contribution in [0.2, 0.25) is 5.02 Å². The standard InChI is InChI=1S/C13H16ClN3S2/c1-9(2)7-15-13-16-12(17-19-13)8-18-11-6-4-3-5-10(11)14/h3-6,9H,7-8H2,1-2H3,(H,15,16,17). The van der Waals surface area contributed by atoms with E-state index in [1.807, 2.05) is 24.3 Å². The Kier molecular flexibility index (Phi) is 5.48. The van der Waals surface area contributed by atoms with Crippen LogP contribution in [-0.4, -0.2) is 15.9 Å². The molecule has 0 aliphatic rings. The molecule has 3 nitrogen and oxygen atoms in total. The summed E-state index contributed by atoms with van der Waals surface area (Å²) >= 11 is 9.18. The Morgan fingerprint density at radius 2 is 2.16 bits per heavy atom. The average Bonchev–Trinajstić information content (AvgIpc) is 2.83. The summed E-state index contributed by atoms with van der Waals surface area (Å²) in [6, 6.07) is 7.82. The third-order valence-corrected chi connectivity index (χ3v) is 4.54. The number of nitrogens with one attached hydrogen (secondary N) is 1. The van der Waals surface area contributed by atoms with Gasteiger partial charge in [0.15, 0.2) is 5.82 Å². The molecule has 1 N–H and O–H groups in total. The van der Waals surface area contributed by atoms with Crippen LogP contribution in [0.5, 0.6) is 0 Å². The van der Waals surface area contributed by atoms with Crippen molar-refractivity contribution in [3.8, 4) is 0 Å². The van der Waals surface area contributed by atoms with Gasteiger partial charge in [-0.05, 0) is 18.1 Å². The predicted octanol–water partition coefficient (Wildman–Crippen LogP) is 4.55. The third-order valence-electron chi connectivity index (χ3n) is 2.32.